The summed E-state index contributed by atoms with van der Waals surface area (Å²) in [5, 5.41) is 3.34. The molecule has 0 saturated carbocycles. The largest absolute Gasteiger partial charge is 0.336 e. The summed E-state index contributed by atoms with van der Waals surface area (Å²) in [7, 11) is 0. The van der Waals surface area contributed by atoms with Crippen molar-refractivity contribution < 1.29 is 4.79 Å². The highest BCUT2D eigenvalue weighted by Gasteiger charge is 2.25. The van der Waals surface area contributed by atoms with E-state index >= 15 is 0 Å². The van der Waals surface area contributed by atoms with Crippen molar-refractivity contribution in [3.63, 3.8) is 0 Å². The SMILES string of the molecule is CCN(C(=O)c1cc(Br)cc(Br)c1)C1CCNCC1. The Kier molecular flexibility index (Phi) is 5.42. The van der Waals surface area contributed by atoms with Crippen LogP contribution in [-0.2, 0) is 0 Å². The lowest BCUT2D eigenvalue weighted by atomic mass is 10.0. The highest BCUT2D eigenvalue weighted by Crippen LogP contribution is 2.23. The van der Waals surface area contributed by atoms with Crippen LogP contribution in [0.5, 0.6) is 0 Å². The van der Waals surface area contributed by atoms with Crippen LogP contribution in [-0.4, -0.2) is 36.5 Å². The number of carbonyl (C=O) groups excluding carboxylic acids is 1. The van der Waals surface area contributed by atoms with Gasteiger partial charge in [-0.2, -0.15) is 0 Å². The highest BCUT2D eigenvalue weighted by atomic mass is 79.9. The Balaban J connectivity index is 2.19. The summed E-state index contributed by atoms with van der Waals surface area (Å²) in [4.78, 5) is 14.6. The van der Waals surface area contributed by atoms with Gasteiger partial charge in [0.25, 0.3) is 5.91 Å². The van der Waals surface area contributed by atoms with Crippen molar-refractivity contribution in [1.82, 2.24) is 10.2 Å². The van der Waals surface area contributed by atoms with E-state index < -0.39 is 0 Å². The van der Waals surface area contributed by atoms with E-state index in [0.717, 1.165) is 47.0 Å². The number of nitrogens with zero attached hydrogens (tertiary/aromatic N) is 1. The van der Waals surface area contributed by atoms with Gasteiger partial charge in [0.15, 0.2) is 0 Å². The van der Waals surface area contributed by atoms with Gasteiger partial charge >= 0.3 is 0 Å². The molecule has 1 amide bonds. The van der Waals surface area contributed by atoms with E-state index in [9.17, 15) is 4.79 Å². The molecule has 0 aliphatic carbocycles. The number of rotatable bonds is 3. The Hall–Kier alpha value is -0.390. The molecule has 0 aromatic heterocycles. The molecular formula is C14H18Br2N2O. The fourth-order valence-corrected chi connectivity index (χ4v) is 3.82. The zero-order chi connectivity index (χ0) is 13.8. The summed E-state index contributed by atoms with van der Waals surface area (Å²) in [6.45, 7) is 4.80. The molecule has 0 bridgehead atoms. The first-order valence-electron chi connectivity index (χ1n) is 6.59. The number of hydrogen-bond acceptors (Lipinski definition) is 2. The molecule has 5 heteroatoms. The summed E-state index contributed by atoms with van der Waals surface area (Å²) < 4.78 is 1.85. The molecule has 2 rings (SSSR count). The summed E-state index contributed by atoms with van der Waals surface area (Å²) in [5.74, 6) is 0.122. The Morgan fingerprint density at radius 2 is 1.84 bits per heavy atom. The van der Waals surface area contributed by atoms with Crippen LogP contribution in [0.15, 0.2) is 27.1 Å². The van der Waals surface area contributed by atoms with Gasteiger partial charge in [0.05, 0.1) is 0 Å². The van der Waals surface area contributed by atoms with Crippen LogP contribution in [0.4, 0.5) is 0 Å². The third-order valence-electron chi connectivity index (χ3n) is 3.46. The zero-order valence-electron chi connectivity index (χ0n) is 11.0. The molecule has 0 atom stereocenters. The molecule has 1 heterocycles. The van der Waals surface area contributed by atoms with Crippen molar-refractivity contribution in [3.05, 3.63) is 32.7 Å². The molecule has 1 N–H and O–H groups in total. The van der Waals surface area contributed by atoms with Crippen molar-refractivity contribution in [2.24, 2.45) is 0 Å². The van der Waals surface area contributed by atoms with Gasteiger partial charge in [-0.15, -0.1) is 0 Å². The Morgan fingerprint density at radius 3 is 2.37 bits per heavy atom. The maximum absolute atomic E-state index is 12.6. The molecule has 1 aliphatic heterocycles. The number of nitrogens with one attached hydrogen (secondary N) is 1. The minimum absolute atomic E-state index is 0.122. The number of benzene rings is 1. The number of halogens is 2. The number of hydrogen-bond donors (Lipinski definition) is 1. The molecule has 1 aliphatic rings. The van der Waals surface area contributed by atoms with Gasteiger partial charge in [-0.3, -0.25) is 4.79 Å². The lowest BCUT2D eigenvalue weighted by Crippen LogP contribution is -2.46. The van der Waals surface area contributed by atoms with Crippen LogP contribution in [0.2, 0.25) is 0 Å². The van der Waals surface area contributed by atoms with Crippen molar-refractivity contribution in [2.45, 2.75) is 25.8 Å². The third kappa shape index (κ3) is 3.80. The minimum Gasteiger partial charge on any atom is -0.336 e. The van der Waals surface area contributed by atoms with Gasteiger partial charge in [0.1, 0.15) is 0 Å². The van der Waals surface area contributed by atoms with E-state index in [-0.39, 0.29) is 5.91 Å². The average molecular weight is 390 g/mol. The summed E-state index contributed by atoms with van der Waals surface area (Å²) in [5.41, 5.74) is 0.738. The molecule has 1 aromatic rings. The lowest BCUT2D eigenvalue weighted by Gasteiger charge is -2.34. The number of carbonyl (C=O) groups is 1. The zero-order valence-corrected chi connectivity index (χ0v) is 14.1. The molecule has 1 aromatic carbocycles. The predicted octanol–water partition coefficient (Wildman–Crippen LogP) is 3.43. The second-order valence-electron chi connectivity index (χ2n) is 4.73. The third-order valence-corrected chi connectivity index (χ3v) is 4.38. The van der Waals surface area contributed by atoms with Crippen LogP contribution in [0.25, 0.3) is 0 Å². The topological polar surface area (TPSA) is 32.3 Å². The predicted molar refractivity (Wildman–Crippen MR) is 84.4 cm³/mol. The van der Waals surface area contributed by atoms with Crippen LogP contribution < -0.4 is 5.32 Å². The van der Waals surface area contributed by atoms with Crippen molar-refractivity contribution in [2.75, 3.05) is 19.6 Å². The van der Waals surface area contributed by atoms with Gasteiger partial charge in [0, 0.05) is 27.1 Å². The fraction of sp³-hybridized carbons (Fsp3) is 0.500. The first-order valence-corrected chi connectivity index (χ1v) is 8.18. The second kappa shape index (κ2) is 6.86. The molecular weight excluding hydrogens is 372 g/mol. The first-order chi connectivity index (χ1) is 9.11. The Labute approximate surface area is 131 Å². The van der Waals surface area contributed by atoms with Crippen molar-refractivity contribution >= 4 is 37.8 Å². The molecule has 1 saturated heterocycles. The van der Waals surface area contributed by atoms with Crippen LogP contribution in [0.3, 0.4) is 0 Å². The highest BCUT2D eigenvalue weighted by molar-refractivity contribution is 9.11. The van der Waals surface area contributed by atoms with Gasteiger partial charge in [-0.05, 0) is 51.1 Å². The summed E-state index contributed by atoms with van der Waals surface area (Å²) >= 11 is 6.88. The molecule has 1 fully saturated rings. The van der Waals surface area contributed by atoms with E-state index in [2.05, 4.69) is 37.2 Å². The van der Waals surface area contributed by atoms with Gasteiger partial charge in [-0.25, -0.2) is 0 Å². The molecule has 0 radical (unpaired) electrons. The van der Waals surface area contributed by atoms with E-state index in [4.69, 9.17) is 0 Å². The number of piperidine rings is 1. The van der Waals surface area contributed by atoms with E-state index in [0.29, 0.717) is 6.04 Å². The van der Waals surface area contributed by atoms with Crippen LogP contribution in [0.1, 0.15) is 30.1 Å². The van der Waals surface area contributed by atoms with Gasteiger partial charge in [-0.1, -0.05) is 31.9 Å². The average Bonchev–Trinajstić information content (AvgIpc) is 2.39. The second-order valence-corrected chi connectivity index (χ2v) is 6.56. The van der Waals surface area contributed by atoms with Crippen molar-refractivity contribution in [1.29, 1.82) is 0 Å². The fourth-order valence-electron chi connectivity index (χ4n) is 2.53. The monoisotopic (exact) mass is 388 g/mol. The molecule has 19 heavy (non-hydrogen) atoms. The molecule has 104 valence electrons. The van der Waals surface area contributed by atoms with E-state index in [1.807, 2.05) is 30.0 Å². The molecule has 3 nitrogen and oxygen atoms in total. The molecule has 0 unspecified atom stereocenters. The smallest absolute Gasteiger partial charge is 0.254 e. The number of amides is 1. The Bertz CT molecular complexity index is 439. The first kappa shape index (κ1) is 15.0. The standard InChI is InChI=1S/C14H18Br2N2O/c1-2-18(13-3-5-17-6-4-13)14(19)10-7-11(15)9-12(16)8-10/h7-9,13,17H,2-6H2,1H3. The maximum Gasteiger partial charge on any atom is 0.254 e. The normalized spacial score (nSPS) is 16.4. The maximum atomic E-state index is 12.6. The van der Waals surface area contributed by atoms with Gasteiger partial charge in [0.2, 0.25) is 0 Å². The van der Waals surface area contributed by atoms with Crippen LogP contribution >= 0.6 is 31.9 Å². The van der Waals surface area contributed by atoms with E-state index in [1.165, 1.54) is 0 Å². The minimum atomic E-state index is 0.122. The summed E-state index contributed by atoms with van der Waals surface area (Å²) in [6, 6.07) is 6.07. The lowest BCUT2D eigenvalue weighted by molar-refractivity contribution is 0.0656. The van der Waals surface area contributed by atoms with E-state index in [1.54, 1.807) is 0 Å². The quantitative estimate of drug-likeness (QED) is 0.858. The van der Waals surface area contributed by atoms with Crippen LogP contribution in [0, 0.1) is 0 Å². The van der Waals surface area contributed by atoms with Crippen molar-refractivity contribution in [3.8, 4) is 0 Å². The Morgan fingerprint density at radius 1 is 1.26 bits per heavy atom. The molecule has 0 spiro atoms. The van der Waals surface area contributed by atoms with Gasteiger partial charge < -0.3 is 10.2 Å². The summed E-state index contributed by atoms with van der Waals surface area (Å²) in [6.07, 6.45) is 2.07.